The van der Waals surface area contributed by atoms with Crippen molar-refractivity contribution in [2.24, 2.45) is 5.41 Å². The van der Waals surface area contributed by atoms with Crippen LogP contribution < -0.4 is 15.5 Å². The average molecular weight is 293 g/mol. The molecule has 3 N–H and O–H groups in total. The van der Waals surface area contributed by atoms with Gasteiger partial charge in [0.1, 0.15) is 0 Å². The molecule has 1 rings (SSSR count). The Morgan fingerprint density at radius 1 is 1.19 bits per heavy atom. The molecule has 21 heavy (non-hydrogen) atoms. The zero-order chi connectivity index (χ0) is 16.0. The third-order valence-corrected chi connectivity index (χ3v) is 3.36. The standard InChI is InChI=1S/C16H27N3O2/c1-16(2,3)14(20)11-18-15(21)17-10-12-6-8-13(9-7-12)19(4)5/h6-9,14,20H,10-11H2,1-5H3,(H2,17,18,21). The highest BCUT2D eigenvalue weighted by atomic mass is 16.3. The number of aliphatic hydroxyl groups excluding tert-OH is 1. The Hall–Kier alpha value is -1.75. The third kappa shape index (κ3) is 6.04. The average Bonchev–Trinajstić information content (AvgIpc) is 2.41. The third-order valence-electron chi connectivity index (χ3n) is 3.36. The van der Waals surface area contributed by atoms with E-state index in [1.54, 1.807) is 0 Å². The second kappa shape index (κ2) is 7.31. The predicted molar refractivity (Wildman–Crippen MR) is 86.5 cm³/mol. The Balaban J connectivity index is 2.36. The van der Waals surface area contributed by atoms with Gasteiger partial charge in [-0.3, -0.25) is 0 Å². The highest BCUT2D eigenvalue weighted by Gasteiger charge is 2.22. The van der Waals surface area contributed by atoms with Gasteiger partial charge in [-0.1, -0.05) is 32.9 Å². The highest BCUT2D eigenvalue weighted by molar-refractivity contribution is 5.73. The highest BCUT2D eigenvalue weighted by Crippen LogP contribution is 2.18. The largest absolute Gasteiger partial charge is 0.391 e. The topological polar surface area (TPSA) is 64.6 Å². The van der Waals surface area contributed by atoms with E-state index in [9.17, 15) is 9.90 Å². The van der Waals surface area contributed by atoms with Crippen LogP contribution in [0.1, 0.15) is 26.3 Å². The maximum absolute atomic E-state index is 11.7. The summed E-state index contributed by atoms with van der Waals surface area (Å²) in [5.41, 5.74) is 1.92. The number of carbonyl (C=O) groups is 1. The summed E-state index contributed by atoms with van der Waals surface area (Å²) < 4.78 is 0. The van der Waals surface area contributed by atoms with Gasteiger partial charge in [0.2, 0.25) is 0 Å². The first-order chi connectivity index (χ1) is 9.70. The molecular weight excluding hydrogens is 266 g/mol. The van der Waals surface area contributed by atoms with E-state index in [-0.39, 0.29) is 18.0 Å². The number of hydrogen-bond donors (Lipinski definition) is 3. The van der Waals surface area contributed by atoms with Gasteiger partial charge in [-0.15, -0.1) is 0 Å². The quantitative estimate of drug-likeness (QED) is 0.777. The van der Waals surface area contributed by atoms with Crippen molar-refractivity contribution >= 4 is 11.7 Å². The van der Waals surface area contributed by atoms with Crippen LogP contribution in [0, 0.1) is 5.41 Å². The molecule has 0 radical (unpaired) electrons. The molecule has 0 aliphatic heterocycles. The summed E-state index contributed by atoms with van der Waals surface area (Å²) in [4.78, 5) is 13.7. The Bertz CT molecular complexity index is 450. The maximum atomic E-state index is 11.7. The van der Waals surface area contributed by atoms with Gasteiger partial charge in [0, 0.05) is 32.9 Å². The van der Waals surface area contributed by atoms with Crippen LogP contribution in [0.25, 0.3) is 0 Å². The van der Waals surface area contributed by atoms with Crippen molar-refractivity contribution in [3.05, 3.63) is 29.8 Å². The molecule has 5 heteroatoms. The molecule has 1 unspecified atom stereocenters. The van der Waals surface area contributed by atoms with Crippen LogP contribution in [0.3, 0.4) is 0 Å². The first kappa shape index (κ1) is 17.3. The molecule has 1 aromatic carbocycles. The van der Waals surface area contributed by atoms with E-state index in [4.69, 9.17) is 0 Å². The number of urea groups is 1. The Kier molecular flexibility index (Phi) is 6.03. The van der Waals surface area contributed by atoms with Crippen LogP contribution in [-0.2, 0) is 6.54 Å². The van der Waals surface area contributed by atoms with Gasteiger partial charge in [-0.05, 0) is 23.1 Å². The molecular formula is C16H27N3O2. The van der Waals surface area contributed by atoms with Gasteiger partial charge < -0.3 is 20.6 Å². The molecule has 0 fully saturated rings. The van der Waals surface area contributed by atoms with Gasteiger partial charge in [0.15, 0.2) is 0 Å². The lowest BCUT2D eigenvalue weighted by molar-refractivity contribution is 0.0650. The second-order valence-electron chi connectivity index (χ2n) is 6.51. The molecule has 1 aromatic rings. The van der Waals surface area contributed by atoms with Gasteiger partial charge in [0.25, 0.3) is 0 Å². The van der Waals surface area contributed by atoms with Crippen molar-refractivity contribution < 1.29 is 9.90 Å². The van der Waals surface area contributed by atoms with E-state index in [0.717, 1.165) is 11.3 Å². The Morgan fingerprint density at radius 3 is 2.24 bits per heavy atom. The first-order valence-corrected chi connectivity index (χ1v) is 7.16. The number of nitrogens with zero attached hydrogens (tertiary/aromatic N) is 1. The molecule has 0 bridgehead atoms. The van der Waals surface area contributed by atoms with E-state index in [2.05, 4.69) is 10.6 Å². The molecule has 1 atom stereocenters. The van der Waals surface area contributed by atoms with E-state index in [1.165, 1.54) is 0 Å². The normalized spacial score (nSPS) is 12.7. The van der Waals surface area contributed by atoms with Crippen LogP contribution >= 0.6 is 0 Å². The van der Waals surface area contributed by atoms with Crippen LogP contribution in [0.15, 0.2) is 24.3 Å². The number of aliphatic hydroxyl groups is 1. The Labute approximate surface area is 127 Å². The summed E-state index contributed by atoms with van der Waals surface area (Å²) in [5, 5.41) is 15.3. The van der Waals surface area contributed by atoms with Crippen LogP contribution in [-0.4, -0.2) is 37.9 Å². The first-order valence-electron chi connectivity index (χ1n) is 7.16. The number of nitrogens with one attached hydrogen (secondary N) is 2. The SMILES string of the molecule is CN(C)c1ccc(CNC(=O)NCC(O)C(C)(C)C)cc1. The van der Waals surface area contributed by atoms with E-state index in [1.807, 2.05) is 64.0 Å². The lowest BCUT2D eigenvalue weighted by atomic mass is 9.89. The summed E-state index contributed by atoms with van der Waals surface area (Å²) in [6.45, 7) is 6.51. The van der Waals surface area contributed by atoms with Crippen molar-refractivity contribution in [2.75, 3.05) is 25.5 Å². The fraction of sp³-hybridized carbons (Fsp3) is 0.562. The van der Waals surface area contributed by atoms with Crippen LogP contribution in [0.5, 0.6) is 0 Å². The number of amides is 2. The van der Waals surface area contributed by atoms with Crippen LogP contribution in [0.4, 0.5) is 10.5 Å². The predicted octanol–water partition coefficient (Wildman–Crippen LogP) is 1.96. The van der Waals surface area contributed by atoms with Gasteiger partial charge in [-0.2, -0.15) is 0 Å². The summed E-state index contributed by atoms with van der Waals surface area (Å²) in [7, 11) is 3.97. The van der Waals surface area contributed by atoms with Crippen LogP contribution in [0.2, 0.25) is 0 Å². The zero-order valence-electron chi connectivity index (χ0n) is 13.6. The number of carbonyl (C=O) groups excluding carboxylic acids is 1. The molecule has 0 spiro atoms. The molecule has 2 amide bonds. The van der Waals surface area contributed by atoms with Gasteiger partial charge in [0.05, 0.1) is 6.10 Å². The molecule has 0 saturated heterocycles. The van der Waals surface area contributed by atoms with E-state index in [0.29, 0.717) is 6.54 Å². The minimum Gasteiger partial charge on any atom is -0.391 e. The monoisotopic (exact) mass is 293 g/mol. The fourth-order valence-electron chi connectivity index (χ4n) is 1.65. The molecule has 0 saturated carbocycles. The number of hydrogen-bond acceptors (Lipinski definition) is 3. The molecule has 5 nitrogen and oxygen atoms in total. The molecule has 0 aromatic heterocycles. The number of anilines is 1. The molecule has 0 aliphatic rings. The van der Waals surface area contributed by atoms with Gasteiger partial charge >= 0.3 is 6.03 Å². The van der Waals surface area contributed by atoms with Crippen molar-refractivity contribution in [1.29, 1.82) is 0 Å². The summed E-state index contributed by atoms with van der Waals surface area (Å²) in [5.74, 6) is 0. The van der Waals surface area contributed by atoms with Crippen molar-refractivity contribution in [3.63, 3.8) is 0 Å². The zero-order valence-corrected chi connectivity index (χ0v) is 13.6. The van der Waals surface area contributed by atoms with E-state index >= 15 is 0 Å². The summed E-state index contributed by atoms with van der Waals surface area (Å²) in [6, 6.07) is 7.73. The summed E-state index contributed by atoms with van der Waals surface area (Å²) >= 11 is 0. The lowest BCUT2D eigenvalue weighted by Crippen LogP contribution is -2.43. The van der Waals surface area contributed by atoms with E-state index < -0.39 is 6.10 Å². The van der Waals surface area contributed by atoms with Crippen molar-refractivity contribution in [2.45, 2.75) is 33.4 Å². The molecule has 118 valence electrons. The maximum Gasteiger partial charge on any atom is 0.315 e. The summed E-state index contributed by atoms with van der Waals surface area (Å²) in [6.07, 6.45) is -0.567. The second-order valence-corrected chi connectivity index (χ2v) is 6.51. The van der Waals surface area contributed by atoms with Crippen molar-refractivity contribution in [3.8, 4) is 0 Å². The molecule has 0 aliphatic carbocycles. The Morgan fingerprint density at radius 2 is 1.76 bits per heavy atom. The minimum absolute atomic E-state index is 0.241. The lowest BCUT2D eigenvalue weighted by Gasteiger charge is -2.25. The smallest absolute Gasteiger partial charge is 0.315 e. The number of rotatable bonds is 5. The number of benzene rings is 1. The van der Waals surface area contributed by atoms with Crippen molar-refractivity contribution in [1.82, 2.24) is 10.6 Å². The fourth-order valence-corrected chi connectivity index (χ4v) is 1.65. The molecule has 0 heterocycles. The minimum atomic E-state index is -0.567. The van der Waals surface area contributed by atoms with Gasteiger partial charge in [-0.25, -0.2) is 4.79 Å².